The summed E-state index contributed by atoms with van der Waals surface area (Å²) in [6.07, 6.45) is 0.758. The van der Waals surface area contributed by atoms with Crippen LogP contribution in [0.4, 0.5) is 4.39 Å². The first-order valence-electron chi connectivity index (χ1n) is 6.96. The van der Waals surface area contributed by atoms with Gasteiger partial charge in [-0.3, -0.25) is 0 Å². The summed E-state index contributed by atoms with van der Waals surface area (Å²) in [6, 6.07) is 3.41. The lowest BCUT2D eigenvalue weighted by atomic mass is 10.2. The molecule has 1 N–H and O–H groups in total. The molecule has 0 saturated carbocycles. The first-order chi connectivity index (χ1) is 9.86. The molecule has 0 aliphatic carbocycles. The molecule has 1 saturated heterocycles. The van der Waals surface area contributed by atoms with Crippen LogP contribution < -0.4 is 0 Å². The highest BCUT2D eigenvalue weighted by Crippen LogP contribution is 2.23. The normalized spacial score (nSPS) is 22.2. The molecular weight excluding hydrogens is 295 g/mol. The van der Waals surface area contributed by atoms with E-state index in [1.807, 2.05) is 14.0 Å². The minimum absolute atomic E-state index is 0.00401. The monoisotopic (exact) mass is 316 g/mol. The first kappa shape index (κ1) is 16.4. The number of nitrogens with zero attached hydrogens (tertiary/aromatic N) is 2. The number of aliphatic hydroxyl groups is 1. The molecular formula is C14H21FN2O3S. The molecule has 5 nitrogen and oxygen atoms in total. The summed E-state index contributed by atoms with van der Waals surface area (Å²) in [6.45, 7) is 3.30. The highest BCUT2D eigenvalue weighted by Gasteiger charge is 2.31. The van der Waals surface area contributed by atoms with Crippen molar-refractivity contribution < 1.29 is 17.9 Å². The fourth-order valence-corrected chi connectivity index (χ4v) is 4.39. The molecule has 7 heteroatoms. The summed E-state index contributed by atoms with van der Waals surface area (Å²) in [7, 11) is -1.71. The Kier molecular flexibility index (Phi) is 4.98. The highest BCUT2D eigenvalue weighted by molar-refractivity contribution is 7.89. The summed E-state index contributed by atoms with van der Waals surface area (Å²) >= 11 is 0. The lowest BCUT2D eigenvalue weighted by Crippen LogP contribution is -2.41. The first-order valence-corrected chi connectivity index (χ1v) is 8.40. The Balaban J connectivity index is 2.36. The number of rotatable bonds is 3. The predicted octanol–water partition coefficient (Wildman–Crippen LogP) is 1.03. The van der Waals surface area contributed by atoms with Crippen LogP contribution >= 0.6 is 0 Å². The molecule has 1 aliphatic heterocycles. The molecule has 1 aromatic carbocycles. The van der Waals surface area contributed by atoms with Gasteiger partial charge in [-0.15, -0.1) is 0 Å². The summed E-state index contributed by atoms with van der Waals surface area (Å²) in [4.78, 5) is 2.13. The van der Waals surface area contributed by atoms with Gasteiger partial charge < -0.3 is 10.0 Å². The van der Waals surface area contributed by atoms with E-state index >= 15 is 0 Å². The number of hydrogen-bond acceptors (Lipinski definition) is 4. The van der Waals surface area contributed by atoms with E-state index in [9.17, 15) is 12.8 Å². The van der Waals surface area contributed by atoms with Crippen LogP contribution in [0.15, 0.2) is 23.1 Å². The minimum Gasteiger partial charge on any atom is -0.392 e. The third-order valence-corrected chi connectivity index (χ3v) is 5.79. The Morgan fingerprint density at radius 2 is 2.10 bits per heavy atom. The summed E-state index contributed by atoms with van der Waals surface area (Å²) in [5.41, 5.74) is -0.00401. The summed E-state index contributed by atoms with van der Waals surface area (Å²) in [5, 5.41) is 9.10. The van der Waals surface area contributed by atoms with Crippen LogP contribution in [0.3, 0.4) is 0 Å². The average Bonchev–Trinajstić information content (AvgIpc) is 2.59. The van der Waals surface area contributed by atoms with Gasteiger partial charge in [-0.2, -0.15) is 4.31 Å². The average molecular weight is 316 g/mol. The second kappa shape index (κ2) is 6.39. The molecule has 21 heavy (non-hydrogen) atoms. The van der Waals surface area contributed by atoms with Crippen LogP contribution in [0.25, 0.3) is 0 Å². The smallest absolute Gasteiger partial charge is 0.243 e. The van der Waals surface area contributed by atoms with E-state index in [0.29, 0.717) is 13.1 Å². The molecule has 118 valence electrons. The number of likely N-dealkylation sites (N-methyl/N-ethyl adjacent to an activating group) is 1. The van der Waals surface area contributed by atoms with Crippen molar-refractivity contribution in [2.45, 2.75) is 30.9 Å². The fourth-order valence-electron chi connectivity index (χ4n) is 2.68. The van der Waals surface area contributed by atoms with Crippen molar-refractivity contribution in [3.05, 3.63) is 29.6 Å². The maximum Gasteiger partial charge on any atom is 0.243 e. The van der Waals surface area contributed by atoms with E-state index in [1.54, 1.807) is 0 Å². The van der Waals surface area contributed by atoms with Crippen LogP contribution in [-0.4, -0.2) is 55.5 Å². The van der Waals surface area contributed by atoms with Crippen LogP contribution in [0.2, 0.25) is 0 Å². The van der Waals surface area contributed by atoms with Gasteiger partial charge in [0.15, 0.2) is 0 Å². The quantitative estimate of drug-likeness (QED) is 0.905. The maximum absolute atomic E-state index is 13.4. The third-order valence-electron chi connectivity index (χ3n) is 3.78. The zero-order chi connectivity index (χ0) is 15.6. The standard InChI is InChI=1S/C14H21FN2O3S/c1-11-9-16(2)6-3-7-17(11)21(19,20)13-4-5-14(15)12(8-13)10-18/h4-5,8,11,18H,3,6-7,9-10H2,1-2H3. The molecule has 0 aromatic heterocycles. The topological polar surface area (TPSA) is 60.9 Å². The zero-order valence-electron chi connectivity index (χ0n) is 12.3. The van der Waals surface area contributed by atoms with Gasteiger partial charge in [0.1, 0.15) is 5.82 Å². The molecule has 0 radical (unpaired) electrons. The molecule has 0 bridgehead atoms. The van der Waals surface area contributed by atoms with Gasteiger partial charge in [0.2, 0.25) is 10.0 Å². The molecule has 1 fully saturated rings. The van der Waals surface area contributed by atoms with Crippen LogP contribution in [0.5, 0.6) is 0 Å². The van der Waals surface area contributed by atoms with Crippen molar-refractivity contribution in [1.29, 1.82) is 0 Å². The van der Waals surface area contributed by atoms with Crippen LogP contribution in [0.1, 0.15) is 18.9 Å². The zero-order valence-corrected chi connectivity index (χ0v) is 13.1. The second-order valence-electron chi connectivity index (χ2n) is 5.49. The van der Waals surface area contributed by atoms with Crippen molar-refractivity contribution in [2.75, 3.05) is 26.7 Å². The lowest BCUT2D eigenvalue weighted by molar-refractivity contribution is 0.275. The van der Waals surface area contributed by atoms with Gasteiger partial charge >= 0.3 is 0 Å². The van der Waals surface area contributed by atoms with Gasteiger partial charge in [-0.1, -0.05) is 0 Å². The number of aliphatic hydroxyl groups excluding tert-OH is 1. The van der Waals surface area contributed by atoms with E-state index in [2.05, 4.69) is 4.90 Å². The minimum atomic E-state index is -3.68. The number of sulfonamides is 1. The molecule has 0 amide bonds. The van der Waals surface area contributed by atoms with Crippen molar-refractivity contribution >= 4 is 10.0 Å². The Bertz CT molecular complexity index is 606. The largest absolute Gasteiger partial charge is 0.392 e. The summed E-state index contributed by atoms with van der Waals surface area (Å²) < 4.78 is 40.4. The van der Waals surface area contributed by atoms with E-state index in [0.717, 1.165) is 19.0 Å². The van der Waals surface area contributed by atoms with Gasteiger partial charge in [-0.25, -0.2) is 12.8 Å². The lowest BCUT2D eigenvalue weighted by Gasteiger charge is -2.27. The van der Waals surface area contributed by atoms with Gasteiger partial charge in [-0.05, 0) is 45.1 Å². The predicted molar refractivity (Wildman–Crippen MR) is 77.8 cm³/mol. The molecule has 2 rings (SSSR count). The number of halogens is 1. The van der Waals surface area contributed by atoms with E-state index in [-0.39, 0.29) is 16.5 Å². The van der Waals surface area contributed by atoms with Gasteiger partial charge in [0.25, 0.3) is 0 Å². The van der Waals surface area contributed by atoms with Crippen molar-refractivity contribution in [3.8, 4) is 0 Å². The molecule has 1 aromatic rings. The Labute approximate surface area is 125 Å². The highest BCUT2D eigenvalue weighted by atomic mass is 32.2. The van der Waals surface area contributed by atoms with Crippen LogP contribution in [0, 0.1) is 5.82 Å². The maximum atomic E-state index is 13.4. The van der Waals surface area contributed by atoms with Crippen molar-refractivity contribution in [2.24, 2.45) is 0 Å². The molecule has 1 unspecified atom stereocenters. The Hall–Kier alpha value is -1.02. The molecule has 1 aliphatic rings. The second-order valence-corrected chi connectivity index (χ2v) is 7.38. The Morgan fingerprint density at radius 3 is 2.76 bits per heavy atom. The van der Waals surface area contributed by atoms with E-state index in [4.69, 9.17) is 5.11 Å². The number of benzene rings is 1. The van der Waals surface area contributed by atoms with Crippen molar-refractivity contribution in [1.82, 2.24) is 9.21 Å². The molecule has 0 spiro atoms. The van der Waals surface area contributed by atoms with Crippen molar-refractivity contribution in [3.63, 3.8) is 0 Å². The fraction of sp³-hybridized carbons (Fsp3) is 0.571. The van der Waals surface area contributed by atoms with Gasteiger partial charge in [0.05, 0.1) is 11.5 Å². The SMILES string of the molecule is CC1CN(C)CCCN1S(=O)(=O)c1ccc(F)c(CO)c1. The molecule has 1 atom stereocenters. The number of hydrogen-bond donors (Lipinski definition) is 1. The Morgan fingerprint density at radius 1 is 1.38 bits per heavy atom. The summed E-state index contributed by atoms with van der Waals surface area (Å²) in [5.74, 6) is -0.597. The van der Waals surface area contributed by atoms with Gasteiger partial charge in [0, 0.05) is 24.7 Å². The van der Waals surface area contributed by atoms with Crippen LogP contribution in [-0.2, 0) is 16.6 Å². The van der Waals surface area contributed by atoms with E-state index < -0.39 is 22.4 Å². The third kappa shape index (κ3) is 3.42. The van der Waals surface area contributed by atoms with E-state index in [1.165, 1.54) is 16.4 Å². The molecule has 1 heterocycles.